The summed E-state index contributed by atoms with van der Waals surface area (Å²) >= 11 is 0. The van der Waals surface area contributed by atoms with Crippen molar-refractivity contribution in [2.24, 2.45) is 11.8 Å². The van der Waals surface area contributed by atoms with Crippen LogP contribution in [0.1, 0.15) is 169 Å². The third-order valence-electron chi connectivity index (χ3n) is 6.85. The second kappa shape index (κ2) is 25.0. The van der Waals surface area contributed by atoms with Crippen molar-refractivity contribution in [3.05, 3.63) is 12.2 Å². The van der Waals surface area contributed by atoms with Gasteiger partial charge in [0.1, 0.15) is 0 Å². The first-order valence-electron chi connectivity index (χ1n) is 14.4. The van der Waals surface area contributed by atoms with E-state index in [2.05, 4.69) is 39.8 Å². The lowest BCUT2D eigenvalue weighted by Crippen LogP contribution is -1.95. The maximum absolute atomic E-state index is 2.47. The second-order valence-electron chi connectivity index (χ2n) is 10.4. The van der Waals surface area contributed by atoms with Gasteiger partial charge in [-0.3, -0.25) is 0 Å². The largest absolute Gasteiger partial charge is 0.0885 e. The van der Waals surface area contributed by atoms with E-state index in [1.807, 2.05) is 0 Å². The molecule has 0 aliphatic carbocycles. The van der Waals surface area contributed by atoms with Gasteiger partial charge in [0.25, 0.3) is 0 Å². The first-order chi connectivity index (χ1) is 14.7. The Morgan fingerprint density at radius 1 is 0.433 bits per heavy atom. The first kappa shape index (κ1) is 29.7. The Morgan fingerprint density at radius 2 is 0.833 bits per heavy atom. The minimum absolute atomic E-state index is 0.882. The van der Waals surface area contributed by atoms with Gasteiger partial charge < -0.3 is 0 Å². The van der Waals surface area contributed by atoms with Crippen LogP contribution in [0.15, 0.2) is 12.2 Å². The van der Waals surface area contributed by atoms with Gasteiger partial charge in [0, 0.05) is 0 Å². The van der Waals surface area contributed by atoms with Crippen LogP contribution in [0.2, 0.25) is 0 Å². The molecule has 2 unspecified atom stereocenters. The minimum Gasteiger partial charge on any atom is -0.0885 e. The Morgan fingerprint density at radius 3 is 1.27 bits per heavy atom. The third kappa shape index (κ3) is 24.0. The molecule has 0 radical (unpaired) electrons. The fourth-order valence-electron chi connectivity index (χ4n) is 4.55. The van der Waals surface area contributed by atoms with Crippen LogP contribution in [0.5, 0.6) is 0 Å². The van der Waals surface area contributed by atoms with Crippen molar-refractivity contribution in [3.8, 4) is 0 Å². The molecular formula is C30H60. The number of hydrogen-bond donors (Lipinski definition) is 0. The van der Waals surface area contributed by atoms with Crippen molar-refractivity contribution < 1.29 is 0 Å². The van der Waals surface area contributed by atoms with Gasteiger partial charge in [-0.1, -0.05) is 168 Å². The standard InChI is InChI=1S/C30H60/c1-5-7-9-21-25-29(3)27-23-19-17-15-13-11-12-14-16-18-20-24-28-30(4)26-22-10-8-6-2/h9,21,29-30H,5-8,10-20,22-28H2,1-4H3. The van der Waals surface area contributed by atoms with Crippen LogP contribution in [0, 0.1) is 11.8 Å². The van der Waals surface area contributed by atoms with Crippen molar-refractivity contribution in [2.75, 3.05) is 0 Å². The van der Waals surface area contributed by atoms with Gasteiger partial charge in [0.05, 0.1) is 0 Å². The van der Waals surface area contributed by atoms with E-state index < -0.39 is 0 Å². The quantitative estimate of drug-likeness (QED) is 0.107. The van der Waals surface area contributed by atoms with Crippen molar-refractivity contribution >= 4 is 0 Å². The molecule has 0 nitrogen and oxygen atoms in total. The highest BCUT2D eigenvalue weighted by Gasteiger charge is 2.02. The molecule has 0 aromatic carbocycles. The van der Waals surface area contributed by atoms with Crippen molar-refractivity contribution in [1.29, 1.82) is 0 Å². The maximum Gasteiger partial charge on any atom is -0.0325 e. The van der Waals surface area contributed by atoms with Gasteiger partial charge in [-0.15, -0.1) is 0 Å². The topological polar surface area (TPSA) is 0 Å². The monoisotopic (exact) mass is 420 g/mol. The van der Waals surface area contributed by atoms with Crippen molar-refractivity contribution in [2.45, 2.75) is 169 Å². The molecule has 0 saturated heterocycles. The van der Waals surface area contributed by atoms with Gasteiger partial charge in [-0.2, -0.15) is 0 Å². The van der Waals surface area contributed by atoms with E-state index in [0.29, 0.717) is 0 Å². The Balaban J connectivity index is 3.19. The third-order valence-corrected chi connectivity index (χ3v) is 6.85. The van der Waals surface area contributed by atoms with E-state index in [4.69, 9.17) is 0 Å². The SMILES string of the molecule is CCCC=CCC(C)CCCCCCCCCCCCCCC(C)CCCCCC. The Kier molecular flexibility index (Phi) is 24.8. The van der Waals surface area contributed by atoms with Crippen LogP contribution in [0.25, 0.3) is 0 Å². The lowest BCUT2D eigenvalue weighted by Gasteiger charge is -2.10. The van der Waals surface area contributed by atoms with E-state index >= 15 is 0 Å². The van der Waals surface area contributed by atoms with Crippen LogP contribution in [-0.2, 0) is 0 Å². The summed E-state index contributed by atoms with van der Waals surface area (Å²) in [5.74, 6) is 1.85. The Bertz CT molecular complexity index is 329. The van der Waals surface area contributed by atoms with E-state index in [1.54, 1.807) is 0 Å². The number of hydrogen-bond acceptors (Lipinski definition) is 0. The average molecular weight is 421 g/mol. The number of allylic oxidation sites excluding steroid dienone is 2. The van der Waals surface area contributed by atoms with Crippen molar-refractivity contribution in [1.82, 2.24) is 0 Å². The first-order valence-corrected chi connectivity index (χ1v) is 14.4. The molecule has 0 heteroatoms. The molecule has 0 saturated carbocycles. The zero-order valence-corrected chi connectivity index (χ0v) is 21.9. The van der Waals surface area contributed by atoms with Crippen LogP contribution < -0.4 is 0 Å². The number of rotatable bonds is 24. The molecule has 0 bridgehead atoms. The highest BCUT2D eigenvalue weighted by molar-refractivity contribution is 4.82. The molecule has 0 spiro atoms. The van der Waals surface area contributed by atoms with Gasteiger partial charge in [0.15, 0.2) is 0 Å². The van der Waals surface area contributed by atoms with E-state index in [1.165, 1.54) is 141 Å². The molecule has 0 aromatic heterocycles. The van der Waals surface area contributed by atoms with Gasteiger partial charge in [-0.25, -0.2) is 0 Å². The van der Waals surface area contributed by atoms with Gasteiger partial charge in [-0.05, 0) is 24.7 Å². The smallest absolute Gasteiger partial charge is 0.0325 e. The van der Waals surface area contributed by atoms with Crippen LogP contribution in [0.4, 0.5) is 0 Å². The molecule has 0 aliphatic rings. The van der Waals surface area contributed by atoms with Crippen LogP contribution >= 0.6 is 0 Å². The highest BCUT2D eigenvalue weighted by atomic mass is 14.1. The number of unbranched alkanes of at least 4 members (excludes halogenated alkanes) is 15. The molecule has 30 heavy (non-hydrogen) atoms. The van der Waals surface area contributed by atoms with Gasteiger partial charge in [0.2, 0.25) is 0 Å². The van der Waals surface area contributed by atoms with Crippen LogP contribution in [-0.4, -0.2) is 0 Å². The zero-order chi connectivity index (χ0) is 22.1. The summed E-state index contributed by atoms with van der Waals surface area (Å²) in [6.07, 6.45) is 36.4. The normalized spacial score (nSPS) is 13.9. The minimum atomic E-state index is 0.882. The van der Waals surface area contributed by atoms with Crippen molar-refractivity contribution in [3.63, 3.8) is 0 Å². The molecule has 0 aromatic rings. The summed E-state index contributed by atoms with van der Waals surface area (Å²) in [5, 5.41) is 0. The Hall–Kier alpha value is -0.260. The fraction of sp³-hybridized carbons (Fsp3) is 0.933. The molecule has 2 atom stereocenters. The molecule has 0 amide bonds. The summed E-state index contributed by atoms with van der Waals surface area (Å²) in [6.45, 7) is 9.46. The molecule has 0 N–H and O–H groups in total. The lowest BCUT2D eigenvalue weighted by molar-refractivity contribution is 0.432. The molecular weight excluding hydrogens is 360 g/mol. The predicted octanol–water partition coefficient (Wildman–Crippen LogP) is 11.4. The molecule has 0 rings (SSSR count). The summed E-state index contributed by atoms with van der Waals surface area (Å²) in [4.78, 5) is 0. The molecule has 0 heterocycles. The van der Waals surface area contributed by atoms with E-state index in [0.717, 1.165) is 11.8 Å². The fourth-order valence-corrected chi connectivity index (χ4v) is 4.55. The summed E-state index contributed by atoms with van der Waals surface area (Å²) < 4.78 is 0. The molecule has 0 aliphatic heterocycles. The Labute approximate surface area is 193 Å². The summed E-state index contributed by atoms with van der Waals surface area (Å²) in [7, 11) is 0. The lowest BCUT2D eigenvalue weighted by atomic mass is 9.96. The van der Waals surface area contributed by atoms with Crippen LogP contribution in [0.3, 0.4) is 0 Å². The zero-order valence-electron chi connectivity index (χ0n) is 21.9. The average Bonchev–Trinajstić information content (AvgIpc) is 2.74. The highest BCUT2D eigenvalue weighted by Crippen LogP contribution is 2.19. The van der Waals surface area contributed by atoms with E-state index in [9.17, 15) is 0 Å². The second-order valence-corrected chi connectivity index (χ2v) is 10.4. The predicted molar refractivity (Wildman–Crippen MR) is 140 cm³/mol. The molecule has 0 fully saturated rings. The maximum atomic E-state index is 2.47. The summed E-state index contributed by atoms with van der Waals surface area (Å²) in [5.41, 5.74) is 0. The van der Waals surface area contributed by atoms with E-state index in [-0.39, 0.29) is 0 Å². The summed E-state index contributed by atoms with van der Waals surface area (Å²) in [6, 6.07) is 0. The van der Waals surface area contributed by atoms with Gasteiger partial charge >= 0.3 is 0 Å². The molecule has 180 valence electrons.